The van der Waals surface area contributed by atoms with Gasteiger partial charge in [0.15, 0.2) is 6.29 Å². The SMILES string of the molecule is CC(O)Oc1ccccc1.CCOCCOCCO. The minimum absolute atomic E-state index is 0.0894. The average Bonchev–Trinajstić information content (AvgIpc) is 2.40. The van der Waals surface area contributed by atoms with Gasteiger partial charge in [-0.2, -0.15) is 0 Å². The Kier molecular flexibility index (Phi) is 12.5. The summed E-state index contributed by atoms with van der Waals surface area (Å²) in [6.45, 7) is 5.94. The third-order valence-electron chi connectivity index (χ3n) is 1.86. The first-order chi connectivity index (χ1) is 9.20. The van der Waals surface area contributed by atoms with E-state index in [4.69, 9.17) is 24.4 Å². The number of rotatable bonds is 8. The predicted octanol–water partition coefficient (Wildman–Crippen LogP) is 1.44. The Morgan fingerprint density at radius 2 is 1.68 bits per heavy atom. The molecule has 5 heteroatoms. The van der Waals surface area contributed by atoms with E-state index in [0.717, 1.165) is 6.61 Å². The summed E-state index contributed by atoms with van der Waals surface area (Å²) in [5, 5.41) is 17.0. The van der Waals surface area contributed by atoms with E-state index >= 15 is 0 Å². The van der Waals surface area contributed by atoms with E-state index in [2.05, 4.69) is 0 Å². The standard InChI is InChI=1S/C8H10O2.C6H14O3/c1-7(9)10-8-5-3-2-4-6-8;1-2-8-5-6-9-4-3-7/h2-7,9H,1H3;7H,2-6H2,1H3. The van der Waals surface area contributed by atoms with Gasteiger partial charge in [-0.15, -0.1) is 0 Å². The van der Waals surface area contributed by atoms with Gasteiger partial charge in [0.25, 0.3) is 0 Å². The van der Waals surface area contributed by atoms with Gasteiger partial charge in [-0.1, -0.05) is 18.2 Å². The number of benzene rings is 1. The van der Waals surface area contributed by atoms with Crippen LogP contribution in [0.15, 0.2) is 30.3 Å². The minimum Gasteiger partial charge on any atom is -0.465 e. The Morgan fingerprint density at radius 1 is 1.05 bits per heavy atom. The fraction of sp³-hybridized carbons (Fsp3) is 0.571. The van der Waals surface area contributed by atoms with Crippen LogP contribution >= 0.6 is 0 Å². The van der Waals surface area contributed by atoms with E-state index in [0.29, 0.717) is 25.6 Å². The molecular weight excluding hydrogens is 248 g/mol. The van der Waals surface area contributed by atoms with Gasteiger partial charge in [0.2, 0.25) is 0 Å². The second-order valence-corrected chi connectivity index (χ2v) is 3.56. The van der Waals surface area contributed by atoms with Crippen LogP contribution in [-0.2, 0) is 9.47 Å². The lowest BCUT2D eigenvalue weighted by Crippen LogP contribution is -2.08. The smallest absolute Gasteiger partial charge is 0.194 e. The number of hydrogen-bond donors (Lipinski definition) is 2. The number of aliphatic hydroxyl groups is 2. The van der Waals surface area contributed by atoms with E-state index in [9.17, 15) is 0 Å². The van der Waals surface area contributed by atoms with Crippen LogP contribution in [0, 0.1) is 0 Å². The largest absolute Gasteiger partial charge is 0.465 e. The molecule has 1 atom stereocenters. The Bertz CT molecular complexity index is 270. The molecule has 0 aliphatic rings. The summed E-state index contributed by atoms with van der Waals surface area (Å²) in [6.07, 6.45) is -0.734. The average molecular weight is 272 g/mol. The number of para-hydroxylation sites is 1. The Balaban J connectivity index is 0.000000344. The fourth-order valence-electron chi connectivity index (χ4n) is 1.12. The molecule has 0 saturated carbocycles. The van der Waals surface area contributed by atoms with Crippen molar-refractivity contribution < 1.29 is 24.4 Å². The molecule has 0 heterocycles. The summed E-state index contributed by atoms with van der Waals surface area (Å²) in [5.74, 6) is 0.692. The predicted molar refractivity (Wildman–Crippen MR) is 73.1 cm³/mol. The van der Waals surface area contributed by atoms with Crippen LogP contribution in [0.4, 0.5) is 0 Å². The molecule has 110 valence electrons. The van der Waals surface area contributed by atoms with Crippen molar-refractivity contribution in [3.05, 3.63) is 30.3 Å². The van der Waals surface area contributed by atoms with Crippen molar-refractivity contribution in [2.75, 3.05) is 33.0 Å². The summed E-state index contributed by atoms with van der Waals surface area (Å²) in [6, 6.07) is 9.21. The second-order valence-electron chi connectivity index (χ2n) is 3.56. The zero-order chi connectivity index (χ0) is 14.3. The molecular formula is C14H24O5. The normalized spacial score (nSPS) is 11.4. The Labute approximate surface area is 114 Å². The maximum absolute atomic E-state index is 8.78. The van der Waals surface area contributed by atoms with Gasteiger partial charge in [0.1, 0.15) is 5.75 Å². The fourth-order valence-corrected chi connectivity index (χ4v) is 1.12. The third-order valence-corrected chi connectivity index (χ3v) is 1.86. The van der Waals surface area contributed by atoms with Gasteiger partial charge in [-0.25, -0.2) is 0 Å². The van der Waals surface area contributed by atoms with Gasteiger partial charge in [0.05, 0.1) is 26.4 Å². The lowest BCUT2D eigenvalue weighted by atomic mass is 10.3. The maximum atomic E-state index is 8.78. The molecule has 19 heavy (non-hydrogen) atoms. The highest BCUT2D eigenvalue weighted by Gasteiger charge is 1.94. The van der Waals surface area contributed by atoms with Gasteiger partial charge in [0, 0.05) is 6.61 Å². The van der Waals surface area contributed by atoms with E-state index in [1.165, 1.54) is 0 Å². The summed E-state index contributed by atoms with van der Waals surface area (Å²) in [7, 11) is 0. The molecule has 2 N–H and O–H groups in total. The molecule has 1 aromatic rings. The summed E-state index contributed by atoms with van der Waals surface area (Å²) in [4.78, 5) is 0. The van der Waals surface area contributed by atoms with E-state index in [1.54, 1.807) is 19.1 Å². The molecule has 1 rings (SSSR count). The number of ether oxygens (including phenoxy) is 3. The summed E-state index contributed by atoms with van der Waals surface area (Å²) in [5.41, 5.74) is 0. The first-order valence-electron chi connectivity index (χ1n) is 6.36. The van der Waals surface area contributed by atoms with Gasteiger partial charge in [-0.3, -0.25) is 0 Å². The van der Waals surface area contributed by atoms with E-state index in [1.807, 2.05) is 25.1 Å². The molecule has 5 nitrogen and oxygen atoms in total. The summed E-state index contributed by atoms with van der Waals surface area (Å²) < 4.78 is 14.9. The molecule has 1 unspecified atom stereocenters. The Hall–Kier alpha value is -1.14. The molecule has 0 aromatic heterocycles. The zero-order valence-corrected chi connectivity index (χ0v) is 11.6. The molecule has 0 aliphatic heterocycles. The molecule has 0 bridgehead atoms. The first-order valence-corrected chi connectivity index (χ1v) is 6.36. The highest BCUT2D eigenvalue weighted by Crippen LogP contribution is 2.09. The third kappa shape index (κ3) is 13.1. The highest BCUT2D eigenvalue weighted by molar-refractivity contribution is 5.20. The van der Waals surface area contributed by atoms with Gasteiger partial charge >= 0.3 is 0 Å². The Morgan fingerprint density at radius 3 is 2.21 bits per heavy atom. The molecule has 0 fully saturated rings. The minimum atomic E-state index is -0.734. The van der Waals surface area contributed by atoms with Crippen molar-refractivity contribution in [3.8, 4) is 5.75 Å². The van der Waals surface area contributed by atoms with Crippen LogP contribution < -0.4 is 4.74 Å². The van der Waals surface area contributed by atoms with Crippen molar-refractivity contribution in [3.63, 3.8) is 0 Å². The van der Waals surface area contributed by atoms with Crippen molar-refractivity contribution in [2.24, 2.45) is 0 Å². The van der Waals surface area contributed by atoms with Gasteiger partial charge < -0.3 is 24.4 Å². The van der Waals surface area contributed by atoms with Crippen LogP contribution in [0.5, 0.6) is 5.75 Å². The van der Waals surface area contributed by atoms with Crippen molar-refractivity contribution in [1.82, 2.24) is 0 Å². The van der Waals surface area contributed by atoms with Crippen LogP contribution in [0.1, 0.15) is 13.8 Å². The van der Waals surface area contributed by atoms with Crippen molar-refractivity contribution in [2.45, 2.75) is 20.1 Å². The molecule has 1 aromatic carbocycles. The number of aliphatic hydroxyl groups excluding tert-OH is 2. The van der Waals surface area contributed by atoms with Crippen LogP contribution in [0.25, 0.3) is 0 Å². The second kappa shape index (κ2) is 13.3. The lowest BCUT2D eigenvalue weighted by molar-refractivity contribution is -0.000289. The monoisotopic (exact) mass is 272 g/mol. The lowest BCUT2D eigenvalue weighted by Gasteiger charge is -2.06. The zero-order valence-electron chi connectivity index (χ0n) is 11.6. The quantitative estimate of drug-likeness (QED) is 0.553. The van der Waals surface area contributed by atoms with Gasteiger partial charge in [-0.05, 0) is 26.0 Å². The topological polar surface area (TPSA) is 68.2 Å². The van der Waals surface area contributed by atoms with E-state index in [-0.39, 0.29) is 6.61 Å². The van der Waals surface area contributed by atoms with Crippen LogP contribution in [0.3, 0.4) is 0 Å². The number of hydrogen-bond acceptors (Lipinski definition) is 5. The van der Waals surface area contributed by atoms with Crippen LogP contribution in [-0.4, -0.2) is 49.5 Å². The van der Waals surface area contributed by atoms with E-state index < -0.39 is 6.29 Å². The first kappa shape index (κ1) is 17.9. The molecule has 0 spiro atoms. The molecule has 0 radical (unpaired) electrons. The van der Waals surface area contributed by atoms with Crippen molar-refractivity contribution >= 4 is 0 Å². The van der Waals surface area contributed by atoms with Crippen molar-refractivity contribution in [1.29, 1.82) is 0 Å². The highest BCUT2D eigenvalue weighted by atomic mass is 16.6. The summed E-state index contributed by atoms with van der Waals surface area (Å²) >= 11 is 0. The maximum Gasteiger partial charge on any atom is 0.194 e. The molecule has 0 aliphatic carbocycles. The molecule has 0 amide bonds. The molecule has 0 saturated heterocycles. The van der Waals surface area contributed by atoms with Crippen LogP contribution in [0.2, 0.25) is 0 Å².